The van der Waals surface area contributed by atoms with Crippen LogP contribution in [0.2, 0.25) is 0 Å². The molecule has 15 heavy (non-hydrogen) atoms. The van der Waals surface area contributed by atoms with Crippen molar-refractivity contribution in [2.45, 2.75) is 39.3 Å². The van der Waals surface area contributed by atoms with Gasteiger partial charge in [0.1, 0.15) is 0 Å². The fourth-order valence-corrected chi connectivity index (χ4v) is 2.11. The third-order valence-corrected chi connectivity index (χ3v) is 3.07. The van der Waals surface area contributed by atoms with Gasteiger partial charge in [-0.1, -0.05) is 0 Å². The molecule has 0 spiro atoms. The number of nitrogens with one attached hydrogen (secondary N) is 1. The van der Waals surface area contributed by atoms with Gasteiger partial charge in [0.25, 0.3) is 0 Å². The van der Waals surface area contributed by atoms with Crippen LogP contribution in [0.4, 0.5) is 0 Å². The quantitative estimate of drug-likeness (QED) is 0.660. The average Bonchev–Trinajstić information content (AvgIpc) is 2.01. The summed E-state index contributed by atoms with van der Waals surface area (Å²) in [5, 5.41) is 0. The molecule has 0 saturated carbocycles. The third kappa shape index (κ3) is 8.43. The van der Waals surface area contributed by atoms with Crippen molar-refractivity contribution in [2.24, 2.45) is 0 Å². The molecule has 0 aliphatic carbocycles. The minimum atomic E-state index is -3.27. The van der Waals surface area contributed by atoms with Crippen LogP contribution in [0.3, 0.4) is 0 Å². The molecule has 0 heterocycles. The first kappa shape index (κ1) is 14.4. The molecule has 4 nitrogen and oxygen atoms in total. The number of ether oxygens (including phenoxy) is 1. The number of terminal acetylenes is 1. The molecule has 1 unspecified atom stereocenters. The van der Waals surface area contributed by atoms with E-state index >= 15 is 0 Å². The summed E-state index contributed by atoms with van der Waals surface area (Å²) < 4.78 is 30.5. The summed E-state index contributed by atoms with van der Waals surface area (Å²) in [6, 6.07) is -0.223. The first-order valence-electron chi connectivity index (χ1n) is 4.92. The molecule has 0 saturated heterocycles. The van der Waals surface area contributed by atoms with Crippen LogP contribution in [0.5, 0.6) is 0 Å². The molecule has 0 aliphatic heterocycles. The Balaban J connectivity index is 3.93. The van der Waals surface area contributed by atoms with E-state index in [0.717, 1.165) is 0 Å². The van der Waals surface area contributed by atoms with Gasteiger partial charge in [-0.25, -0.2) is 13.1 Å². The van der Waals surface area contributed by atoms with E-state index in [-0.39, 0.29) is 24.5 Å². The van der Waals surface area contributed by atoms with Gasteiger partial charge in [-0.3, -0.25) is 0 Å². The lowest BCUT2D eigenvalue weighted by Crippen LogP contribution is -2.35. The molecule has 0 aromatic heterocycles. The van der Waals surface area contributed by atoms with Gasteiger partial charge in [0, 0.05) is 12.5 Å². The van der Waals surface area contributed by atoms with Crippen molar-refractivity contribution in [1.29, 1.82) is 0 Å². The molecule has 0 amide bonds. The van der Waals surface area contributed by atoms with Gasteiger partial charge in [-0.2, -0.15) is 0 Å². The Morgan fingerprint density at radius 2 is 2.00 bits per heavy atom. The lowest BCUT2D eigenvalue weighted by atomic mass is 10.3. The molecular formula is C10H19NO3S. The maximum atomic E-state index is 11.4. The zero-order chi connectivity index (χ0) is 11.9. The van der Waals surface area contributed by atoms with Crippen LogP contribution in [-0.2, 0) is 14.8 Å². The summed E-state index contributed by atoms with van der Waals surface area (Å²) in [4.78, 5) is 0. The van der Waals surface area contributed by atoms with Crippen LogP contribution >= 0.6 is 0 Å². The van der Waals surface area contributed by atoms with Crippen molar-refractivity contribution in [3.05, 3.63) is 0 Å². The standard InChI is InChI=1S/C10H19NO3S/c1-5-6-10(4)11-15(12,13)8-7-14-9(2)3/h1,9-11H,6-8H2,2-4H3. The van der Waals surface area contributed by atoms with Crippen LogP contribution in [0, 0.1) is 12.3 Å². The van der Waals surface area contributed by atoms with Gasteiger partial charge in [-0.05, 0) is 20.8 Å². The second kappa shape index (κ2) is 6.83. The number of hydrogen-bond acceptors (Lipinski definition) is 3. The molecule has 1 atom stereocenters. The molecule has 88 valence electrons. The molecule has 0 bridgehead atoms. The van der Waals surface area contributed by atoms with Crippen molar-refractivity contribution in [1.82, 2.24) is 4.72 Å². The van der Waals surface area contributed by atoms with Crippen molar-refractivity contribution in [2.75, 3.05) is 12.4 Å². The zero-order valence-corrected chi connectivity index (χ0v) is 10.3. The van der Waals surface area contributed by atoms with Gasteiger partial charge in [-0.15, -0.1) is 12.3 Å². The summed E-state index contributed by atoms with van der Waals surface area (Å²) in [6.45, 7) is 5.67. The van der Waals surface area contributed by atoms with Crippen LogP contribution in [-0.4, -0.2) is 32.9 Å². The maximum absolute atomic E-state index is 11.4. The van der Waals surface area contributed by atoms with E-state index < -0.39 is 10.0 Å². The van der Waals surface area contributed by atoms with Gasteiger partial charge in [0.15, 0.2) is 0 Å². The van der Waals surface area contributed by atoms with E-state index in [2.05, 4.69) is 10.6 Å². The van der Waals surface area contributed by atoms with Crippen LogP contribution in [0.1, 0.15) is 27.2 Å². The Morgan fingerprint density at radius 1 is 1.40 bits per heavy atom. The SMILES string of the molecule is C#CCC(C)NS(=O)(=O)CCOC(C)C. The topological polar surface area (TPSA) is 55.4 Å². The first-order valence-corrected chi connectivity index (χ1v) is 6.57. The molecule has 0 aromatic rings. The molecule has 0 rings (SSSR count). The van der Waals surface area contributed by atoms with E-state index in [1.807, 2.05) is 13.8 Å². The monoisotopic (exact) mass is 233 g/mol. The second-order valence-electron chi connectivity index (χ2n) is 3.67. The lowest BCUT2D eigenvalue weighted by molar-refractivity contribution is 0.0911. The summed E-state index contributed by atoms with van der Waals surface area (Å²) in [6.07, 6.45) is 5.52. The summed E-state index contributed by atoms with van der Waals surface area (Å²) in [5.74, 6) is 2.38. The van der Waals surface area contributed by atoms with Crippen molar-refractivity contribution in [3.63, 3.8) is 0 Å². The Bertz CT molecular complexity index is 303. The van der Waals surface area contributed by atoms with Gasteiger partial charge in [0.2, 0.25) is 10.0 Å². The predicted octanol–water partition coefficient (Wildman–Crippen LogP) is 0.743. The van der Waals surface area contributed by atoms with E-state index in [1.54, 1.807) is 6.92 Å². The Morgan fingerprint density at radius 3 is 2.47 bits per heavy atom. The number of sulfonamides is 1. The number of rotatable bonds is 7. The van der Waals surface area contributed by atoms with Gasteiger partial charge >= 0.3 is 0 Å². The van der Waals surface area contributed by atoms with Crippen molar-refractivity contribution < 1.29 is 13.2 Å². The van der Waals surface area contributed by atoms with Crippen molar-refractivity contribution >= 4 is 10.0 Å². The van der Waals surface area contributed by atoms with Crippen molar-refractivity contribution in [3.8, 4) is 12.3 Å². The van der Waals surface area contributed by atoms with Crippen LogP contribution in [0.25, 0.3) is 0 Å². The van der Waals surface area contributed by atoms with Gasteiger partial charge in [0.05, 0.1) is 18.5 Å². The van der Waals surface area contributed by atoms with E-state index in [9.17, 15) is 8.42 Å². The molecule has 0 aromatic carbocycles. The van der Waals surface area contributed by atoms with Crippen LogP contribution in [0.15, 0.2) is 0 Å². The molecule has 1 N–H and O–H groups in total. The highest BCUT2D eigenvalue weighted by atomic mass is 32.2. The minimum absolute atomic E-state index is 0.0277. The molecule has 0 radical (unpaired) electrons. The highest BCUT2D eigenvalue weighted by molar-refractivity contribution is 7.89. The highest BCUT2D eigenvalue weighted by Crippen LogP contribution is 1.95. The average molecular weight is 233 g/mol. The van der Waals surface area contributed by atoms with E-state index in [4.69, 9.17) is 11.2 Å². The van der Waals surface area contributed by atoms with E-state index in [0.29, 0.717) is 6.42 Å². The van der Waals surface area contributed by atoms with E-state index in [1.165, 1.54) is 0 Å². The zero-order valence-electron chi connectivity index (χ0n) is 9.49. The summed E-state index contributed by atoms with van der Waals surface area (Å²) >= 11 is 0. The third-order valence-electron chi connectivity index (χ3n) is 1.61. The summed E-state index contributed by atoms with van der Waals surface area (Å²) in [7, 11) is -3.27. The molecule has 5 heteroatoms. The fourth-order valence-electron chi connectivity index (χ4n) is 0.977. The smallest absolute Gasteiger partial charge is 0.214 e. The molecule has 0 fully saturated rings. The largest absolute Gasteiger partial charge is 0.378 e. The lowest BCUT2D eigenvalue weighted by Gasteiger charge is -2.12. The normalized spacial score (nSPS) is 13.8. The fraction of sp³-hybridized carbons (Fsp3) is 0.800. The Labute approximate surface area is 92.4 Å². The summed E-state index contributed by atoms with van der Waals surface area (Å²) in [5.41, 5.74) is 0. The van der Waals surface area contributed by atoms with Gasteiger partial charge < -0.3 is 4.74 Å². The molecular weight excluding hydrogens is 214 g/mol. The predicted molar refractivity (Wildman–Crippen MR) is 60.9 cm³/mol. The first-order chi connectivity index (χ1) is 6.87. The Kier molecular flexibility index (Phi) is 6.57. The minimum Gasteiger partial charge on any atom is -0.378 e. The Hall–Kier alpha value is -0.570. The second-order valence-corrected chi connectivity index (χ2v) is 5.54. The number of hydrogen-bond donors (Lipinski definition) is 1. The molecule has 0 aliphatic rings. The van der Waals surface area contributed by atoms with Crippen LogP contribution < -0.4 is 4.72 Å². The maximum Gasteiger partial charge on any atom is 0.214 e. The highest BCUT2D eigenvalue weighted by Gasteiger charge is 2.13.